The third-order valence-corrected chi connectivity index (χ3v) is 10.6. The summed E-state index contributed by atoms with van der Waals surface area (Å²) < 4.78 is 5.48. The zero-order chi connectivity index (χ0) is 35.6. The van der Waals surface area contributed by atoms with Crippen LogP contribution in [-0.2, 0) is 9.53 Å². The molecule has 0 aliphatic rings. The molecule has 0 aromatic carbocycles. The van der Waals surface area contributed by atoms with Crippen molar-refractivity contribution in [3.63, 3.8) is 0 Å². The predicted octanol–water partition coefficient (Wildman–Crippen LogP) is 17.0. The van der Waals surface area contributed by atoms with Crippen LogP contribution in [0.4, 0.5) is 0 Å². The van der Waals surface area contributed by atoms with Gasteiger partial charge in [0, 0.05) is 6.42 Å². The lowest BCUT2D eigenvalue weighted by Gasteiger charge is -2.06. The molecule has 0 aliphatic carbocycles. The average molecular weight is 689 g/mol. The third-order valence-electron chi connectivity index (χ3n) is 10.6. The molecule has 0 radical (unpaired) electrons. The van der Waals surface area contributed by atoms with Crippen molar-refractivity contribution >= 4 is 5.97 Å². The van der Waals surface area contributed by atoms with Crippen molar-refractivity contribution < 1.29 is 9.53 Å². The minimum Gasteiger partial charge on any atom is -0.466 e. The van der Waals surface area contributed by atoms with Gasteiger partial charge >= 0.3 is 5.97 Å². The van der Waals surface area contributed by atoms with Crippen LogP contribution in [0.3, 0.4) is 0 Å². The lowest BCUT2D eigenvalue weighted by atomic mass is 10.0. The van der Waals surface area contributed by atoms with Gasteiger partial charge in [0.1, 0.15) is 0 Å². The van der Waals surface area contributed by atoms with Crippen molar-refractivity contribution in [3.05, 3.63) is 12.2 Å². The number of ether oxygens (including phenoxy) is 1. The summed E-state index contributed by atoms with van der Waals surface area (Å²) in [7, 11) is 0. The first kappa shape index (κ1) is 48.2. The molecule has 0 atom stereocenters. The van der Waals surface area contributed by atoms with Crippen LogP contribution >= 0.6 is 0 Å². The van der Waals surface area contributed by atoms with Gasteiger partial charge in [-0.05, 0) is 44.4 Å². The number of unbranched alkanes of at least 4 members (excludes halogenated alkanes) is 34. The van der Waals surface area contributed by atoms with E-state index in [1.807, 2.05) is 0 Å². The predicted molar refractivity (Wildman–Crippen MR) is 221 cm³/mol. The topological polar surface area (TPSA) is 26.3 Å². The molecule has 0 aliphatic heterocycles. The van der Waals surface area contributed by atoms with Crippen molar-refractivity contribution in [1.29, 1.82) is 0 Å². The normalized spacial score (nSPS) is 11.8. The number of carbonyl (C=O) groups excluding carboxylic acids is 1. The largest absolute Gasteiger partial charge is 0.466 e. The van der Waals surface area contributed by atoms with Crippen molar-refractivity contribution in [2.24, 2.45) is 5.92 Å². The molecule has 0 saturated heterocycles. The van der Waals surface area contributed by atoms with Gasteiger partial charge in [-0.2, -0.15) is 0 Å². The molecule has 0 saturated carbocycles. The molecule has 0 spiro atoms. The molecule has 0 rings (SSSR count). The number of esters is 1. The van der Waals surface area contributed by atoms with Gasteiger partial charge in [-0.15, -0.1) is 0 Å². The van der Waals surface area contributed by atoms with Gasteiger partial charge in [-0.1, -0.05) is 238 Å². The highest BCUT2D eigenvalue weighted by molar-refractivity contribution is 5.69. The first-order valence-electron chi connectivity index (χ1n) is 23.0. The monoisotopic (exact) mass is 689 g/mol. The molecule has 0 amide bonds. The van der Waals surface area contributed by atoms with Gasteiger partial charge in [0.05, 0.1) is 6.61 Å². The molecule has 0 bridgehead atoms. The van der Waals surface area contributed by atoms with Crippen LogP contribution in [0.25, 0.3) is 0 Å². The van der Waals surface area contributed by atoms with Crippen molar-refractivity contribution in [3.8, 4) is 0 Å². The Kier molecular flexibility index (Phi) is 42.7. The summed E-state index contributed by atoms with van der Waals surface area (Å²) in [4.78, 5) is 12.0. The van der Waals surface area contributed by atoms with Crippen LogP contribution < -0.4 is 0 Å². The Balaban J connectivity index is 3.16. The molecule has 0 heterocycles. The van der Waals surface area contributed by atoms with E-state index in [2.05, 4.69) is 32.9 Å². The fraction of sp³-hybridized carbons (Fsp3) is 0.936. The Bertz CT molecular complexity index is 638. The van der Waals surface area contributed by atoms with Gasteiger partial charge < -0.3 is 4.74 Å². The minimum absolute atomic E-state index is 0.0267. The maximum Gasteiger partial charge on any atom is 0.305 e. The Hall–Kier alpha value is -0.790. The van der Waals surface area contributed by atoms with E-state index in [0.29, 0.717) is 13.0 Å². The Morgan fingerprint density at radius 2 is 0.714 bits per heavy atom. The summed E-state index contributed by atoms with van der Waals surface area (Å²) in [5.74, 6) is 0.912. The third kappa shape index (κ3) is 45.2. The van der Waals surface area contributed by atoms with Crippen LogP contribution in [0, 0.1) is 5.92 Å². The van der Waals surface area contributed by atoms with Crippen LogP contribution in [-0.4, -0.2) is 12.6 Å². The molecule has 49 heavy (non-hydrogen) atoms. The smallest absolute Gasteiger partial charge is 0.305 e. The summed E-state index contributed by atoms with van der Waals surface area (Å²) in [6.07, 6.45) is 57.5. The highest BCUT2D eigenvalue weighted by atomic mass is 16.5. The summed E-state index contributed by atoms with van der Waals surface area (Å²) >= 11 is 0. The number of carbonyl (C=O) groups is 1. The summed E-state index contributed by atoms with van der Waals surface area (Å²) in [6, 6.07) is 0. The maximum absolute atomic E-state index is 12.0. The average Bonchev–Trinajstić information content (AvgIpc) is 3.09. The van der Waals surface area contributed by atoms with Gasteiger partial charge in [0.2, 0.25) is 0 Å². The lowest BCUT2D eigenvalue weighted by molar-refractivity contribution is -0.143. The first-order chi connectivity index (χ1) is 24.2. The molecule has 2 nitrogen and oxygen atoms in total. The molecular weight excluding hydrogens is 597 g/mol. The maximum atomic E-state index is 12.0. The fourth-order valence-electron chi connectivity index (χ4n) is 7.14. The van der Waals surface area contributed by atoms with E-state index >= 15 is 0 Å². The van der Waals surface area contributed by atoms with E-state index in [4.69, 9.17) is 4.74 Å². The Morgan fingerprint density at radius 3 is 1.08 bits per heavy atom. The van der Waals surface area contributed by atoms with Gasteiger partial charge in [-0.3, -0.25) is 4.79 Å². The number of hydrogen-bond donors (Lipinski definition) is 0. The zero-order valence-corrected chi connectivity index (χ0v) is 34.3. The van der Waals surface area contributed by atoms with E-state index in [1.165, 1.54) is 231 Å². The molecule has 0 aromatic rings. The molecule has 292 valence electrons. The van der Waals surface area contributed by atoms with Gasteiger partial charge in [0.15, 0.2) is 0 Å². The highest BCUT2D eigenvalue weighted by Crippen LogP contribution is 2.17. The van der Waals surface area contributed by atoms with E-state index in [9.17, 15) is 4.79 Å². The van der Waals surface area contributed by atoms with Crippen LogP contribution in [0.1, 0.15) is 271 Å². The van der Waals surface area contributed by atoms with Crippen LogP contribution in [0.15, 0.2) is 12.2 Å². The Morgan fingerprint density at radius 1 is 0.408 bits per heavy atom. The quantitative estimate of drug-likeness (QED) is 0.0362. The van der Waals surface area contributed by atoms with Gasteiger partial charge in [-0.25, -0.2) is 0 Å². The number of rotatable bonds is 42. The summed E-state index contributed by atoms with van der Waals surface area (Å²) in [5, 5.41) is 0. The second-order valence-electron chi connectivity index (χ2n) is 16.2. The van der Waals surface area contributed by atoms with Gasteiger partial charge in [0.25, 0.3) is 0 Å². The number of allylic oxidation sites excluding steroid dienone is 2. The highest BCUT2D eigenvalue weighted by Gasteiger charge is 2.03. The number of hydrogen-bond acceptors (Lipinski definition) is 2. The zero-order valence-electron chi connectivity index (χ0n) is 34.3. The van der Waals surface area contributed by atoms with Crippen molar-refractivity contribution in [2.75, 3.05) is 6.61 Å². The molecule has 0 N–H and O–H groups in total. The molecule has 2 heteroatoms. The molecule has 0 aromatic heterocycles. The Labute approximate surface area is 310 Å². The lowest BCUT2D eigenvalue weighted by Crippen LogP contribution is -2.05. The SMILES string of the molecule is CCCCCCC=CCCCCCCCCCCCC(=O)OCCCCCCCCCCCCCCCCCCCCCCCCC(C)C. The van der Waals surface area contributed by atoms with Crippen molar-refractivity contribution in [2.45, 2.75) is 271 Å². The second-order valence-corrected chi connectivity index (χ2v) is 16.2. The summed E-state index contributed by atoms with van der Waals surface area (Å²) in [6.45, 7) is 7.60. The first-order valence-corrected chi connectivity index (χ1v) is 23.0. The minimum atomic E-state index is 0.0267. The van der Waals surface area contributed by atoms with E-state index in [1.54, 1.807) is 0 Å². The second kappa shape index (κ2) is 43.4. The van der Waals surface area contributed by atoms with E-state index < -0.39 is 0 Å². The van der Waals surface area contributed by atoms with Crippen LogP contribution in [0.2, 0.25) is 0 Å². The standard InChI is InChI=1S/C47H92O2/c1-4-5-6-7-8-9-10-11-12-19-23-26-29-32-35-38-41-44-47(48)49-45-42-39-36-33-30-27-24-21-18-16-14-13-15-17-20-22-25-28-31-34-37-40-43-46(2)3/h9-10,46H,4-8,11-45H2,1-3H3. The van der Waals surface area contributed by atoms with E-state index in [0.717, 1.165) is 18.8 Å². The molecule has 0 fully saturated rings. The van der Waals surface area contributed by atoms with E-state index in [-0.39, 0.29) is 5.97 Å². The molecular formula is C47H92O2. The summed E-state index contributed by atoms with van der Waals surface area (Å²) in [5.41, 5.74) is 0. The fourth-order valence-corrected chi connectivity index (χ4v) is 7.14. The van der Waals surface area contributed by atoms with Crippen molar-refractivity contribution in [1.82, 2.24) is 0 Å². The van der Waals surface area contributed by atoms with Crippen LogP contribution in [0.5, 0.6) is 0 Å². The molecule has 0 unspecified atom stereocenters.